The van der Waals surface area contributed by atoms with Crippen LogP contribution in [0.5, 0.6) is 0 Å². The lowest BCUT2D eigenvalue weighted by Gasteiger charge is -2.06. The Labute approximate surface area is 155 Å². The molecule has 0 aliphatic carbocycles. The maximum atomic E-state index is 12.4. The van der Waals surface area contributed by atoms with Gasteiger partial charge in [-0.2, -0.15) is 0 Å². The number of hydrogen-bond donors (Lipinski definition) is 2. The highest BCUT2D eigenvalue weighted by Gasteiger charge is 2.21. The number of rotatable bonds is 3. The van der Waals surface area contributed by atoms with Gasteiger partial charge in [0, 0.05) is 11.1 Å². The molecule has 3 rings (SSSR count). The van der Waals surface area contributed by atoms with Crippen molar-refractivity contribution in [1.82, 2.24) is 15.8 Å². The van der Waals surface area contributed by atoms with Crippen LogP contribution in [0.2, 0.25) is 0 Å². The quantitative estimate of drug-likeness (QED) is 0.689. The van der Waals surface area contributed by atoms with E-state index in [0.29, 0.717) is 27.7 Å². The van der Waals surface area contributed by atoms with Gasteiger partial charge in [-0.25, -0.2) is 4.98 Å². The first-order chi connectivity index (χ1) is 12.4. The van der Waals surface area contributed by atoms with Crippen molar-refractivity contribution in [3.63, 3.8) is 0 Å². The number of thiazole rings is 1. The van der Waals surface area contributed by atoms with E-state index in [1.54, 1.807) is 20.8 Å². The van der Waals surface area contributed by atoms with Crippen molar-refractivity contribution >= 4 is 23.2 Å². The molecule has 0 saturated heterocycles. The van der Waals surface area contributed by atoms with Gasteiger partial charge < -0.3 is 4.42 Å². The van der Waals surface area contributed by atoms with Crippen molar-refractivity contribution in [2.24, 2.45) is 0 Å². The monoisotopic (exact) mass is 369 g/mol. The summed E-state index contributed by atoms with van der Waals surface area (Å²) in [5, 5.41) is 0.761. The zero-order valence-electron chi connectivity index (χ0n) is 15.0. The topological polar surface area (TPSA) is 84.2 Å². The van der Waals surface area contributed by atoms with Crippen LogP contribution in [-0.2, 0) is 0 Å². The molecule has 0 aliphatic heterocycles. The molecular formula is C19H19N3O3S. The van der Waals surface area contributed by atoms with Crippen LogP contribution < -0.4 is 10.9 Å². The van der Waals surface area contributed by atoms with E-state index in [1.807, 2.05) is 37.3 Å². The summed E-state index contributed by atoms with van der Waals surface area (Å²) in [6.07, 6.45) is 0. The number of hydrazine groups is 1. The fourth-order valence-electron chi connectivity index (χ4n) is 2.67. The van der Waals surface area contributed by atoms with Crippen LogP contribution in [0.4, 0.5) is 0 Å². The van der Waals surface area contributed by atoms with Crippen LogP contribution >= 0.6 is 11.3 Å². The van der Waals surface area contributed by atoms with E-state index in [4.69, 9.17) is 4.42 Å². The molecular weight excluding hydrogens is 350 g/mol. The summed E-state index contributed by atoms with van der Waals surface area (Å²) in [7, 11) is 0. The highest BCUT2D eigenvalue weighted by Crippen LogP contribution is 2.27. The number of nitrogens with zero attached hydrogens (tertiary/aromatic N) is 1. The van der Waals surface area contributed by atoms with E-state index < -0.39 is 11.8 Å². The molecule has 134 valence electrons. The van der Waals surface area contributed by atoms with Crippen LogP contribution in [-0.4, -0.2) is 16.8 Å². The largest absolute Gasteiger partial charge is 0.466 e. The predicted molar refractivity (Wildman–Crippen MR) is 100 cm³/mol. The van der Waals surface area contributed by atoms with Crippen LogP contribution in [0.1, 0.15) is 42.8 Å². The molecule has 0 atom stereocenters. The van der Waals surface area contributed by atoms with Gasteiger partial charge in [0.25, 0.3) is 11.8 Å². The van der Waals surface area contributed by atoms with Gasteiger partial charge in [0.15, 0.2) is 0 Å². The summed E-state index contributed by atoms with van der Waals surface area (Å²) in [5.41, 5.74) is 7.67. The van der Waals surface area contributed by atoms with Gasteiger partial charge >= 0.3 is 0 Å². The number of amides is 2. The molecule has 3 aromatic rings. The van der Waals surface area contributed by atoms with Gasteiger partial charge in [-0.3, -0.25) is 20.4 Å². The Balaban J connectivity index is 1.73. The number of aryl methyl sites for hydroxylation is 3. The second-order valence-electron chi connectivity index (χ2n) is 5.92. The van der Waals surface area contributed by atoms with Crippen molar-refractivity contribution in [3.05, 3.63) is 63.6 Å². The highest BCUT2D eigenvalue weighted by atomic mass is 32.1. The molecule has 0 radical (unpaired) electrons. The molecule has 0 aliphatic rings. The molecule has 1 aromatic carbocycles. The average molecular weight is 369 g/mol. The van der Waals surface area contributed by atoms with Gasteiger partial charge in [-0.15, -0.1) is 11.3 Å². The second-order valence-corrected chi connectivity index (χ2v) is 6.92. The summed E-state index contributed by atoms with van der Waals surface area (Å²) in [6, 6.07) is 9.64. The number of furan rings is 1. The average Bonchev–Trinajstić information content (AvgIpc) is 3.13. The van der Waals surface area contributed by atoms with Gasteiger partial charge in [-0.05, 0) is 27.7 Å². The summed E-state index contributed by atoms with van der Waals surface area (Å²) >= 11 is 1.29. The van der Waals surface area contributed by atoms with E-state index in [9.17, 15) is 9.59 Å². The normalized spacial score (nSPS) is 10.6. The first kappa shape index (κ1) is 17.9. The van der Waals surface area contributed by atoms with E-state index in [-0.39, 0.29) is 0 Å². The molecule has 0 saturated carbocycles. The molecule has 2 N–H and O–H groups in total. The molecule has 2 amide bonds. The maximum Gasteiger partial charge on any atom is 0.281 e. The van der Waals surface area contributed by atoms with E-state index >= 15 is 0 Å². The number of nitrogens with one attached hydrogen (secondary N) is 2. The third kappa shape index (κ3) is 3.39. The van der Waals surface area contributed by atoms with Crippen molar-refractivity contribution in [2.75, 3.05) is 0 Å². The Bertz CT molecular complexity index is 974. The SMILES string of the molecule is Cc1nc(-c2ccccc2)sc1C(=O)NNC(=O)c1c(C)oc(C)c1C. The third-order valence-corrected chi connectivity index (χ3v) is 5.31. The number of carbonyl (C=O) groups excluding carboxylic acids is 2. The van der Waals surface area contributed by atoms with Crippen molar-refractivity contribution in [3.8, 4) is 10.6 Å². The van der Waals surface area contributed by atoms with Crippen molar-refractivity contribution in [2.45, 2.75) is 27.7 Å². The smallest absolute Gasteiger partial charge is 0.281 e. The molecule has 2 aromatic heterocycles. The fourth-order valence-corrected chi connectivity index (χ4v) is 3.64. The Kier molecular flexibility index (Phi) is 4.90. The van der Waals surface area contributed by atoms with Crippen molar-refractivity contribution < 1.29 is 14.0 Å². The molecule has 0 spiro atoms. The van der Waals surface area contributed by atoms with Crippen LogP contribution in [0, 0.1) is 27.7 Å². The van der Waals surface area contributed by atoms with Crippen LogP contribution in [0.3, 0.4) is 0 Å². The lowest BCUT2D eigenvalue weighted by molar-refractivity contribution is 0.0847. The lowest BCUT2D eigenvalue weighted by atomic mass is 10.1. The maximum absolute atomic E-state index is 12.4. The zero-order valence-corrected chi connectivity index (χ0v) is 15.8. The highest BCUT2D eigenvalue weighted by molar-refractivity contribution is 7.17. The molecule has 2 heterocycles. The Morgan fingerprint density at radius 3 is 2.23 bits per heavy atom. The minimum Gasteiger partial charge on any atom is -0.466 e. The summed E-state index contributed by atoms with van der Waals surface area (Å²) < 4.78 is 5.45. The third-order valence-electron chi connectivity index (χ3n) is 4.10. The molecule has 26 heavy (non-hydrogen) atoms. The predicted octanol–water partition coefficient (Wildman–Crippen LogP) is 3.71. The Hall–Kier alpha value is -2.93. The van der Waals surface area contributed by atoms with Gasteiger partial charge in [-0.1, -0.05) is 30.3 Å². The van der Waals surface area contributed by atoms with Gasteiger partial charge in [0.05, 0.1) is 11.3 Å². The fraction of sp³-hybridized carbons (Fsp3) is 0.211. The Morgan fingerprint density at radius 1 is 0.962 bits per heavy atom. The van der Waals surface area contributed by atoms with Crippen molar-refractivity contribution in [1.29, 1.82) is 0 Å². The van der Waals surface area contributed by atoms with E-state index in [2.05, 4.69) is 15.8 Å². The van der Waals surface area contributed by atoms with E-state index in [0.717, 1.165) is 16.1 Å². The summed E-state index contributed by atoms with van der Waals surface area (Å²) in [4.78, 5) is 29.7. The van der Waals surface area contributed by atoms with E-state index in [1.165, 1.54) is 11.3 Å². The van der Waals surface area contributed by atoms with Gasteiger partial charge in [0.2, 0.25) is 0 Å². The standard InChI is InChI=1S/C19H19N3O3S/c1-10-12(3)25-13(4)15(10)17(23)21-22-18(24)16-11(2)20-19(26-16)14-8-6-5-7-9-14/h5-9H,1-4H3,(H,21,23)(H,22,24). The number of carbonyl (C=O) groups is 2. The minimum absolute atomic E-state index is 0.397. The van der Waals surface area contributed by atoms with Crippen LogP contribution in [0.15, 0.2) is 34.7 Å². The first-order valence-electron chi connectivity index (χ1n) is 8.08. The first-order valence-corrected chi connectivity index (χ1v) is 8.90. The molecule has 0 bridgehead atoms. The molecule has 0 unspecified atom stereocenters. The number of aromatic nitrogens is 1. The molecule has 0 fully saturated rings. The lowest BCUT2D eigenvalue weighted by Crippen LogP contribution is -2.41. The van der Waals surface area contributed by atoms with Gasteiger partial charge in [0.1, 0.15) is 21.4 Å². The van der Waals surface area contributed by atoms with Crippen LogP contribution in [0.25, 0.3) is 10.6 Å². The minimum atomic E-state index is -0.407. The summed E-state index contributed by atoms with van der Waals surface area (Å²) in [6.45, 7) is 7.09. The molecule has 7 heteroatoms. The second kappa shape index (κ2) is 7.13. The Morgan fingerprint density at radius 2 is 1.62 bits per heavy atom. The number of hydrogen-bond acceptors (Lipinski definition) is 5. The summed E-state index contributed by atoms with van der Waals surface area (Å²) in [5.74, 6) is 0.401. The zero-order chi connectivity index (χ0) is 18.8. The molecule has 6 nitrogen and oxygen atoms in total. The number of benzene rings is 1.